The van der Waals surface area contributed by atoms with Gasteiger partial charge < -0.3 is 31.1 Å². The average molecular weight is 458 g/mol. The largest absolute Gasteiger partial charge is 0.393 e. The zero-order valence-electron chi connectivity index (χ0n) is 18.3. The molecule has 11 heteroatoms. The van der Waals surface area contributed by atoms with Gasteiger partial charge in [0.25, 0.3) is 5.91 Å². The van der Waals surface area contributed by atoms with Gasteiger partial charge in [0.1, 0.15) is 23.4 Å². The van der Waals surface area contributed by atoms with E-state index in [2.05, 4.69) is 26.0 Å². The number of carbonyl (C=O) groups excluding carboxylic acids is 1. The normalized spacial score (nSPS) is 29.0. The fraction of sp³-hybridized carbons (Fsp3) is 0.500. The number of hydrogen-bond acceptors (Lipinski definition) is 8. The number of halogens is 1. The highest BCUT2D eigenvalue weighted by atomic mass is 19.1. The summed E-state index contributed by atoms with van der Waals surface area (Å²) in [7, 11) is 1.74. The maximum atomic E-state index is 13.3. The fourth-order valence-corrected chi connectivity index (χ4v) is 4.63. The van der Waals surface area contributed by atoms with Crippen molar-refractivity contribution in [3.8, 4) is 0 Å². The number of alkyl halides is 1. The molecule has 1 aliphatic heterocycles. The van der Waals surface area contributed by atoms with Crippen LogP contribution in [0.1, 0.15) is 42.5 Å². The third-order valence-electron chi connectivity index (χ3n) is 6.56. The molecule has 0 bridgehead atoms. The maximum absolute atomic E-state index is 13.3. The van der Waals surface area contributed by atoms with Gasteiger partial charge in [-0.25, -0.2) is 9.37 Å². The van der Waals surface area contributed by atoms with Gasteiger partial charge in [-0.15, -0.1) is 0 Å². The highest BCUT2D eigenvalue weighted by molar-refractivity contribution is 6.00. The second-order valence-electron chi connectivity index (χ2n) is 8.84. The van der Waals surface area contributed by atoms with Crippen molar-refractivity contribution in [2.45, 2.75) is 62.7 Å². The first-order valence-electron chi connectivity index (χ1n) is 11.2. The summed E-state index contributed by atoms with van der Waals surface area (Å²) in [6.07, 6.45) is 7.35. The van der Waals surface area contributed by atoms with E-state index in [4.69, 9.17) is 0 Å². The quantitative estimate of drug-likeness (QED) is 0.440. The Balaban J connectivity index is 1.38. The molecule has 3 aliphatic rings. The number of nitrogens with one attached hydrogen (secondary N) is 3. The third-order valence-corrected chi connectivity index (χ3v) is 6.56. The van der Waals surface area contributed by atoms with Gasteiger partial charge >= 0.3 is 0 Å². The van der Waals surface area contributed by atoms with Gasteiger partial charge in [-0.1, -0.05) is 0 Å². The van der Waals surface area contributed by atoms with E-state index in [0.29, 0.717) is 54.2 Å². The molecule has 3 heterocycles. The minimum atomic E-state index is -0.954. The predicted octanol–water partition coefficient (Wildman–Crippen LogP) is 1.36. The van der Waals surface area contributed by atoms with Crippen molar-refractivity contribution < 1.29 is 19.4 Å². The van der Waals surface area contributed by atoms with Gasteiger partial charge in [-0.2, -0.15) is 9.61 Å². The molecule has 0 spiro atoms. The lowest BCUT2D eigenvalue weighted by atomic mass is 9.88. The first-order valence-corrected chi connectivity index (χ1v) is 11.2. The van der Waals surface area contributed by atoms with Crippen LogP contribution < -0.4 is 16.0 Å². The smallest absolute Gasteiger partial charge is 0.256 e. The zero-order chi connectivity index (χ0) is 23.1. The van der Waals surface area contributed by atoms with Crippen molar-refractivity contribution in [2.24, 2.45) is 0 Å². The van der Waals surface area contributed by atoms with E-state index in [1.807, 2.05) is 0 Å². The number of hydrogen-bond donors (Lipinski definition) is 5. The van der Waals surface area contributed by atoms with Crippen molar-refractivity contribution in [1.29, 1.82) is 0 Å². The Morgan fingerprint density at radius 1 is 1.24 bits per heavy atom. The van der Waals surface area contributed by atoms with Crippen LogP contribution in [0, 0.1) is 0 Å². The molecule has 1 amide bonds. The van der Waals surface area contributed by atoms with Gasteiger partial charge in [0, 0.05) is 31.4 Å². The minimum absolute atomic E-state index is 0.0423. The average Bonchev–Trinajstić information content (AvgIpc) is 3.38. The molecule has 3 atom stereocenters. The summed E-state index contributed by atoms with van der Waals surface area (Å²) in [6, 6.07) is 1.61. The summed E-state index contributed by atoms with van der Waals surface area (Å²) in [5.74, 6) is 0.734. The lowest BCUT2D eigenvalue weighted by Crippen LogP contribution is -2.49. The number of rotatable bonds is 6. The molecule has 2 aliphatic carbocycles. The summed E-state index contributed by atoms with van der Waals surface area (Å²) in [4.78, 5) is 19.2. The van der Waals surface area contributed by atoms with Gasteiger partial charge in [-0.3, -0.25) is 4.79 Å². The standard InChI is InChI=1S/C22H28FN7O3/c1-24-19-10-18(27-17-3-2-6-29(22(17)33)14-7-12(23)8-14)28-20-16(11-25-30(19)20)21(32)26-13-4-5-15(31)9-13/h2-3,6,10-15,22,24,31,33H,4-5,7-9H2,1H3,(H,26,32)(H,27,28)/t12?,13?,14?,15-,22?/m1/s1. The van der Waals surface area contributed by atoms with Crippen molar-refractivity contribution >= 4 is 23.2 Å². The molecule has 0 aromatic carbocycles. The van der Waals surface area contributed by atoms with Crippen LogP contribution in [0.15, 0.2) is 36.3 Å². The number of carbonyl (C=O) groups is 1. The van der Waals surface area contributed by atoms with Crippen molar-refractivity contribution in [2.75, 3.05) is 17.7 Å². The third kappa shape index (κ3) is 4.13. The molecule has 5 N–H and O–H groups in total. The Bertz CT molecular complexity index is 1110. The molecular weight excluding hydrogens is 429 g/mol. The lowest BCUT2D eigenvalue weighted by Gasteiger charge is -2.43. The summed E-state index contributed by atoms with van der Waals surface area (Å²) in [6.45, 7) is 0. The van der Waals surface area contributed by atoms with Gasteiger partial charge in [0.2, 0.25) is 0 Å². The number of anilines is 2. The Labute approximate surface area is 190 Å². The number of aromatic nitrogens is 3. The van der Waals surface area contributed by atoms with E-state index in [0.717, 1.165) is 6.42 Å². The van der Waals surface area contributed by atoms with Crippen LogP contribution in [-0.4, -0.2) is 73.3 Å². The topological polar surface area (TPSA) is 127 Å². The number of aliphatic hydroxyl groups excluding tert-OH is 2. The molecule has 5 rings (SSSR count). The van der Waals surface area contributed by atoms with Crippen molar-refractivity contribution in [3.05, 3.63) is 41.9 Å². The Kier molecular flexibility index (Phi) is 5.67. The van der Waals surface area contributed by atoms with Gasteiger partial charge in [-0.05, 0) is 44.3 Å². The predicted molar refractivity (Wildman–Crippen MR) is 120 cm³/mol. The van der Waals surface area contributed by atoms with Crippen LogP contribution in [-0.2, 0) is 0 Å². The monoisotopic (exact) mass is 457 g/mol. The molecule has 0 radical (unpaired) electrons. The van der Waals surface area contributed by atoms with E-state index >= 15 is 0 Å². The molecule has 176 valence electrons. The Hall–Kier alpha value is -3.18. The second kappa shape index (κ2) is 8.64. The van der Waals surface area contributed by atoms with Crippen LogP contribution in [0.25, 0.3) is 5.65 Å². The molecule has 2 fully saturated rings. The van der Waals surface area contributed by atoms with Crippen LogP contribution in [0.5, 0.6) is 0 Å². The highest BCUT2D eigenvalue weighted by Crippen LogP contribution is 2.32. The van der Waals surface area contributed by atoms with Gasteiger partial charge in [0.15, 0.2) is 11.9 Å². The van der Waals surface area contributed by atoms with Gasteiger partial charge in [0.05, 0.1) is 18.0 Å². The fourth-order valence-electron chi connectivity index (χ4n) is 4.63. The van der Waals surface area contributed by atoms with E-state index < -0.39 is 12.4 Å². The lowest BCUT2D eigenvalue weighted by molar-refractivity contribution is -0.0147. The maximum Gasteiger partial charge on any atom is 0.256 e. The van der Waals surface area contributed by atoms with E-state index in [9.17, 15) is 19.4 Å². The van der Waals surface area contributed by atoms with Crippen molar-refractivity contribution in [1.82, 2.24) is 24.8 Å². The summed E-state index contributed by atoms with van der Waals surface area (Å²) in [5.41, 5.74) is 1.18. The number of allylic oxidation sites excluding steroid dienone is 2. The molecule has 2 aromatic rings. The first-order chi connectivity index (χ1) is 15.9. The summed E-state index contributed by atoms with van der Waals surface area (Å²) in [5, 5.41) is 34.0. The zero-order valence-corrected chi connectivity index (χ0v) is 18.3. The minimum Gasteiger partial charge on any atom is -0.393 e. The van der Waals surface area contributed by atoms with Crippen LogP contribution in [0.4, 0.5) is 16.0 Å². The Morgan fingerprint density at radius 3 is 2.76 bits per heavy atom. The molecule has 2 unspecified atom stereocenters. The molecule has 10 nitrogen and oxygen atoms in total. The molecule has 33 heavy (non-hydrogen) atoms. The second-order valence-corrected chi connectivity index (χ2v) is 8.84. The SMILES string of the molecule is CNc1cc(NC2=CC=CN(C3CC(F)C3)C2O)nc2c(C(=O)NC3CC[C@@H](O)C3)cnn12. The first kappa shape index (κ1) is 21.7. The van der Waals surface area contributed by atoms with E-state index in [1.54, 1.807) is 36.4 Å². The molecule has 2 saturated carbocycles. The van der Waals surface area contributed by atoms with Crippen LogP contribution in [0.2, 0.25) is 0 Å². The molecule has 2 aromatic heterocycles. The summed E-state index contributed by atoms with van der Waals surface area (Å²) >= 11 is 0. The van der Waals surface area contributed by atoms with E-state index in [1.165, 1.54) is 10.7 Å². The Morgan fingerprint density at radius 2 is 2.06 bits per heavy atom. The van der Waals surface area contributed by atoms with Crippen molar-refractivity contribution in [3.63, 3.8) is 0 Å². The number of nitrogens with zero attached hydrogens (tertiary/aromatic N) is 4. The van der Waals surface area contributed by atoms with Crippen LogP contribution >= 0.6 is 0 Å². The molecule has 0 saturated heterocycles. The van der Waals surface area contributed by atoms with Crippen LogP contribution in [0.3, 0.4) is 0 Å². The van der Waals surface area contributed by atoms with E-state index in [-0.39, 0.29) is 24.1 Å². The number of aliphatic hydroxyl groups is 2. The summed E-state index contributed by atoms with van der Waals surface area (Å²) < 4.78 is 14.9. The number of amides is 1. The molecular formula is C22H28FN7O3. The number of fused-ring (bicyclic) bond motifs is 1. The highest BCUT2D eigenvalue weighted by Gasteiger charge is 2.37.